The summed E-state index contributed by atoms with van der Waals surface area (Å²) >= 11 is 0. The van der Waals surface area contributed by atoms with Crippen LogP contribution in [0.4, 0.5) is 0 Å². The molecule has 1 aromatic heterocycles. The number of hydrogen-bond acceptors (Lipinski definition) is 3. The van der Waals surface area contributed by atoms with E-state index in [1.54, 1.807) is 6.20 Å². The number of aromatic nitrogens is 1. The maximum Gasteiger partial charge on any atom is 0.337 e. The second kappa shape index (κ2) is 3.05. The lowest BCUT2D eigenvalue weighted by Crippen LogP contribution is -2.13. The molecule has 1 aliphatic heterocycles. The van der Waals surface area contributed by atoms with Gasteiger partial charge in [-0.15, -0.1) is 0 Å². The molecule has 0 unspecified atom stereocenters. The molecule has 0 spiro atoms. The number of fused-ring (bicyclic) bond motifs is 1. The number of ether oxygens (including phenoxy) is 1. The molecule has 0 saturated carbocycles. The number of nitrogens with zero attached hydrogens (tertiary/aromatic N) is 1. The zero-order valence-electron chi connectivity index (χ0n) is 6.99. The van der Waals surface area contributed by atoms with E-state index in [0.717, 1.165) is 18.4 Å². The van der Waals surface area contributed by atoms with Gasteiger partial charge in [-0.3, -0.25) is 4.98 Å². The number of hydrogen-bond donors (Lipinski definition) is 1. The van der Waals surface area contributed by atoms with Crippen LogP contribution >= 0.6 is 0 Å². The fourth-order valence-electron chi connectivity index (χ4n) is 1.47. The Labute approximate surface area is 75.2 Å². The average Bonchev–Trinajstić information content (AvgIpc) is 2.17. The minimum atomic E-state index is -0.935. The predicted molar refractivity (Wildman–Crippen MR) is 45.0 cm³/mol. The maximum atomic E-state index is 10.8. The second-order valence-electron chi connectivity index (χ2n) is 2.92. The molecule has 0 bridgehead atoms. The molecule has 2 rings (SSSR count). The van der Waals surface area contributed by atoms with Crippen LogP contribution in [0.3, 0.4) is 0 Å². The van der Waals surface area contributed by atoms with Gasteiger partial charge in [0, 0.05) is 11.8 Å². The SMILES string of the molecule is O=C(O)c1cncc2c1CCCO2. The van der Waals surface area contributed by atoms with Crippen molar-refractivity contribution in [3.05, 3.63) is 23.5 Å². The highest BCUT2D eigenvalue weighted by Gasteiger charge is 2.18. The minimum absolute atomic E-state index is 0.261. The van der Waals surface area contributed by atoms with Gasteiger partial charge in [-0.2, -0.15) is 0 Å². The van der Waals surface area contributed by atoms with E-state index in [1.165, 1.54) is 6.20 Å². The third-order valence-electron chi connectivity index (χ3n) is 2.08. The van der Waals surface area contributed by atoms with Gasteiger partial charge in [0.25, 0.3) is 0 Å². The number of pyridine rings is 1. The Morgan fingerprint density at radius 2 is 2.38 bits per heavy atom. The third-order valence-corrected chi connectivity index (χ3v) is 2.08. The normalized spacial score (nSPS) is 14.5. The first-order valence-electron chi connectivity index (χ1n) is 4.12. The highest BCUT2D eigenvalue weighted by atomic mass is 16.5. The summed E-state index contributed by atoms with van der Waals surface area (Å²) < 4.78 is 5.29. The number of aromatic carboxylic acids is 1. The Balaban J connectivity index is 2.52. The molecule has 68 valence electrons. The van der Waals surface area contributed by atoms with Crippen molar-refractivity contribution in [3.63, 3.8) is 0 Å². The van der Waals surface area contributed by atoms with Crippen LogP contribution < -0.4 is 4.74 Å². The number of carboxylic acids is 1. The van der Waals surface area contributed by atoms with Gasteiger partial charge < -0.3 is 9.84 Å². The predicted octanol–water partition coefficient (Wildman–Crippen LogP) is 1.10. The Morgan fingerprint density at radius 1 is 1.54 bits per heavy atom. The number of carbonyl (C=O) groups is 1. The van der Waals surface area contributed by atoms with Crippen LogP contribution in [0.25, 0.3) is 0 Å². The van der Waals surface area contributed by atoms with E-state index in [2.05, 4.69) is 4.98 Å². The highest BCUT2D eigenvalue weighted by molar-refractivity contribution is 5.89. The molecular formula is C9H9NO3. The first kappa shape index (κ1) is 8.04. The summed E-state index contributed by atoms with van der Waals surface area (Å²) in [7, 11) is 0. The summed E-state index contributed by atoms with van der Waals surface area (Å²) in [6.07, 6.45) is 4.58. The molecule has 4 nitrogen and oxygen atoms in total. The third kappa shape index (κ3) is 1.35. The Hall–Kier alpha value is -1.58. The smallest absolute Gasteiger partial charge is 0.337 e. The fraction of sp³-hybridized carbons (Fsp3) is 0.333. The lowest BCUT2D eigenvalue weighted by atomic mass is 10.0. The molecule has 0 amide bonds. The van der Waals surface area contributed by atoms with E-state index < -0.39 is 5.97 Å². The Morgan fingerprint density at radius 3 is 3.15 bits per heavy atom. The van der Waals surface area contributed by atoms with Crippen LogP contribution in [0.2, 0.25) is 0 Å². The Bertz CT molecular complexity index is 349. The van der Waals surface area contributed by atoms with Gasteiger partial charge in [0.1, 0.15) is 5.75 Å². The summed E-state index contributed by atoms with van der Waals surface area (Å²) in [5, 5.41) is 8.85. The van der Waals surface area contributed by atoms with Crippen molar-refractivity contribution < 1.29 is 14.6 Å². The molecule has 0 radical (unpaired) electrons. The lowest BCUT2D eigenvalue weighted by molar-refractivity contribution is 0.0693. The Kier molecular flexibility index (Phi) is 1.88. The molecular weight excluding hydrogens is 170 g/mol. The van der Waals surface area contributed by atoms with Crippen LogP contribution in [0.1, 0.15) is 22.3 Å². The average molecular weight is 179 g/mol. The molecule has 2 heterocycles. The first-order valence-corrected chi connectivity index (χ1v) is 4.12. The fourth-order valence-corrected chi connectivity index (χ4v) is 1.47. The number of carboxylic acid groups (broad SMARTS) is 1. The van der Waals surface area contributed by atoms with Crippen LogP contribution in [0.15, 0.2) is 12.4 Å². The zero-order chi connectivity index (χ0) is 9.26. The molecule has 1 N–H and O–H groups in total. The van der Waals surface area contributed by atoms with Crippen molar-refractivity contribution in [1.29, 1.82) is 0 Å². The van der Waals surface area contributed by atoms with Crippen molar-refractivity contribution in [2.24, 2.45) is 0 Å². The molecule has 4 heteroatoms. The molecule has 1 aromatic rings. The summed E-state index contributed by atoms with van der Waals surface area (Å²) in [6, 6.07) is 0. The monoisotopic (exact) mass is 179 g/mol. The van der Waals surface area contributed by atoms with E-state index >= 15 is 0 Å². The van der Waals surface area contributed by atoms with Gasteiger partial charge in [0.05, 0.1) is 18.4 Å². The van der Waals surface area contributed by atoms with Crippen LogP contribution in [-0.4, -0.2) is 22.7 Å². The summed E-state index contributed by atoms with van der Waals surface area (Å²) in [4.78, 5) is 14.6. The van der Waals surface area contributed by atoms with Gasteiger partial charge in [-0.1, -0.05) is 0 Å². The second-order valence-corrected chi connectivity index (χ2v) is 2.92. The van der Waals surface area contributed by atoms with E-state index in [1.807, 2.05) is 0 Å². The van der Waals surface area contributed by atoms with Gasteiger partial charge in [-0.25, -0.2) is 4.79 Å². The van der Waals surface area contributed by atoms with Crippen LogP contribution in [0.5, 0.6) is 5.75 Å². The molecule has 0 aromatic carbocycles. The molecule has 1 aliphatic rings. The van der Waals surface area contributed by atoms with Gasteiger partial charge >= 0.3 is 5.97 Å². The van der Waals surface area contributed by atoms with E-state index in [4.69, 9.17) is 9.84 Å². The maximum absolute atomic E-state index is 10.8. The summed E-state index contributed by atoms with van der Waals surface area (Å²) in [5.74, 6) is -0.319. The largest absolute Gasteiger partial charge is 0.492 e. The molecule has 0 fully saturated rings. The summed E-state index contributed by atoms with van der Waals surface area (Å²) in [6.45, 7) is 0.651. The first-order chi connectivity index (χ1) is 6.29. The molecule has 0 atom stereocenters. The molecule has 13 heavy (non-hydrogen) atoms. The molecule has 0 saturated heterocycles. The standard InChI is InChI=1S/C9H9NO3/c11-9(12)7-4-10-5-8-6(7)2-1-3-13-8/h4-5H,1-3H2,(H,11,12). The van der Waals surface area contributed by atoms with E-state index in [-0.39, 0.29) is 5.56 Å². The highest BCUT2D eigenvalue weighted by Crippen LogP contribution is 2.26. The van der Waals surface area contributed by atoms with Crippen molar-refractivity contribution in [2.45, 2.75) is 12.8 Å². The lowest BCUT2D eigenvalue weighted by Gasteiger charge is -2.17. The minimum Gasteiger partial charge on any atom is -0.492 e. The van der Waals surface area contributed by atoms with Gasteiger partial charge in [0.15, 0.2) is 0 Å². The topological polar surface area (TPSA) is 59.4 Å². The zero-order valence-corrected chi connectivity index (χ0v) is 6.99. The van der Waals surface area contributed by atoms with Gasteiger partial charge in [0.2, 0.25) is 0 Å². The van der Waals surface area contributed by atoms with Crippen molar-refractivity contribution in [1.82, 2.24) is 4.98 Å². The van der Waals surface area contributed by atoms with Crippen molar-refractivity contribution in [2.75, 3.05) is 6.61 Å². The van der Waals surface area contributed by atoms with E-state index in [0.29, 0.717) is 12.4 Å². The van der Waals surface area contributed by atoms with E-state index in [9.17, 15) is 4.79 Å². The van der Waals surface area contributed by atoms with Crippen molar-refractivity contribution in [3.8, 4) is 5.75 Å². The quantitative estimate of drug-likeness (QED) is 0.701. The number of rotatable bonds is 1. The van der Waals surface area contributed by atoms with Crippen molar-refractivity contribution >= 4 is 5.97 Å². The van der Waals surface area contributed by atoms with Gasteiger partial charge in [-0.05, 0) is 12.8 Å². The van der Waals surface area contributed by atoms with Crippen LogP contribution in [-0.2, 0) is 6.42 Å². The summed E-state index contributed by atoms with van der Waals surface area (Å²) in [5.41, 5.74) is 1.03. The van der Waals surface area contributed by atoms with Crippen LogP contribution in [0, 0.1) is 0 Å². The molecule has 0 aliphatic carbocycles.